The number of likely N-dealkylation sites (tertiary alicyclic amines) is 1. The molecule has 0 N–H and O–H groups in total. The molecule has 1 saturated heterocycles. The van der Waals surface area contributed by atoms with Crippen molar-refractivity contribution < 1.29 is 9.53 Å². The van der Waals surface area contributed by atoms with Gasteiger partial charge in [0.05, 0.1) is 22.6 Å². The first-order chi connectivity index (χ1) is 9.76. The minimum Gasteiger partial charge on any atom is -0.375 e. The van der Waals surface area contributed by atoms with Crippen LogP contribution in [-0.4, -0.2) is 36.1 Å². The van der Waals surface area contributed by atoms with Crippen molar-refractivity contribution in [1.82, 2.24) is 4.90 Å². The molecule has 5 heteroatoms. The summed E-state index contributed by atoms with van der Waals surface area (Å²) in [4.78, 5) is 14.9. The van der Waals surface area contributed by atoms with Crippen LogP contribution in [0.1, 0.15) is 47.3 Å². The van der Waals surface area contributed by atoms with Gasteiger partial charge in [0.25, 0.3) is 5.91 Å². The van der Waals surface area contributed by atoms with Gasteiger partial charge in [0.15, 0.2) is 0 Å². The maximum absolute atomic E-state index is 12.3. The SMILES string of the molecule is N#Cc1csc(C(=O)N2CCC(OC3CCC3)CC2)c1. The number of piperidine rings is 1. The largest absolute Gasteiger partial charge is 0.375 e. The number of nitriles is 1. The van der Waals surface area contributed by atoms with Crippen molar-refractivity contribution in [1.29, 1.82) is 5.26 Å². The highest BCUT2D eigenvalue weighted by Gasteiger charge is 2.28. The van der Waals surface area contributed by atoms with Crippen molar-refractivity contribution in [3.8, 4) is 6.07 Å². The second kappa shape index (κ2) is 5.94. The van der Waals surface area contributed by atoms with E-state index in [-0.39, 0.29) is 5.91 Å². The third-order valence-corrected chi connectivity index (χ3v) is 5.02. The molecule has 2 heterocycles. The van der Waals surface area contributed by atoms with Crippen LogP contribution in [0.15, 0.2) is 11.4 Å². The van der Waals surface area contributed by atoms with E-state index < -0.39 is 0 Å². The summed E-state index contributed by atoms with van der Waals surface area (Å²) in [5.41, 5.74) is 0.571. The predicted molar refractivity (Wildman–Crippen MR) is 76.7 cm³/mol. The minimum atomic E-state index is 0.0543. The zero-order valence-electron chi connectivity index (χ0n) is 11.4. The number of carbonyl (C=O) groups is 1. The van der Waals surface area contributed by atoms with Crippen molar-refractivity contribution in [3.05, 3.63) is 21.9 Å². The zero-order chi connectivity index (χ0) is 13.9. The third kappa shape index (κ3) is 2.87. The Bertz CT molecular complexity index is 522. The summed E-state index contributed by atoms with van der Waals surface area (Å²) in [6.07, 6.45) is 6.34. The monoisotopic (exact) mass is 290 g/mol. The van der Waals surface area contributed by atoms with Crippen LogP contribution in [0.2, 0.25) is 0 Å². The maximum Gasteiger partial charge on any atom is 0.263 e. The fourth-order valence-corrected chi connectivity index (χ4v) is 3.44. The van der Waals surface area contributed by atoms with Crippen molar-refractivity contribution in [3.63, 3.8) is 0 Å². The van der Waals surface area contributed by atoms with Crippen molar-refractivity contribution in [2.75, 3.05) is 13.1 Å². The van der Waals surface area contributed by atoms with E-state index in [2.05, 4.69) is 6.07 Å². The van der Waals surface area contributed by atoms with Gasteiger partial charge in [0.1, 0.15) is 6.07 Å². The van der Waals surface area contributed by atoms with Crippen LogP contribution in [0, 0.1) is 11.3 Å². The number of nitrogens with zero attached hydrogens (tertiary/aromatic N) is 2. The first kappa shape index (κ1) is 13.6. The van der Waals surface area contributed by atoms with Gasteiger partial charge in [-0.1, -0.05) is 0 Å². The zero-order valence-corrected chi connectivity index (χ0v) is 12.2. The van der Waals surface area contributed by atoms with E-state index in [0.29, 0.717) is 22.6 Å². The molecule has 106 valence electrons. The van der Waals surface area contributed by atoms with Gasteiger partial charge in [0.2, 0.25) is 0 Å². The molecule has 1 saturated carbocycles. The summed E-state index contributed by atoms with van der Waals surface area (Å²) in [5, 5.41) is 10.5. The van der Waals surface area contributed by atoms with Crippen LogP contribution in [0.4, 0.5) is 0 Å². The van der Waals surface area contributed by atoms with Gasteiger partial charge in [-0.15, -0.1) is 11.3 Å². The quantitative estimate of drug-likeness (QED) is 0.860. The summed E-state index contributed by atoms with van der Waals surface area (Å²) < 4.78 is 6.00. The molecule has 0 unspecified atom stereocenters. The molecule has 1 aromatic rings. The molecule has 1 aliphatic carbocycles. The maximum atomic E-state index is 12.3. The standard InChI is InChI=1S/C15H18N2O2S/c16-9-11-8-14(20-10-11)15(18)17-6-4-13(5-7-17)19-12-2-1-3-12/h8,10,12-13H,1-7H2. The van der Waals surface area contributed by atoms with E-state index in [4.69, 9.17) is 10.00 Å². The lowest BCUT2D eigenvalue weighted by Gasteiger charge is -2.36. The number of hydrogen-bond acceptors (Lipinski definition) is 4. The molecule has 0 radical (unpaired) electrons. The van der Waals surface area contributed by atoms with Crippen LogP contribution < -0.4 is 0 Å². The Kier molecular flexibility index (Phi) is 4.04. The number of ether oxygens (including phenoxy) is 1. The fraction of sp³-hybridized carbons (Fsp3) is 0.600. The Hall–Kier alpha value is -1.38. The summed E-state index contributed by atoms with van der Waals surface area (Å²) in [7, 11) is 0. The van der Waals surface area contributed by atoms with Crippen LogP contribution >= 0.6 is 11.3 Å². The Labute approximate surface area is 123 Å². The summed E-state index contributed by atoms with van der Waals surface area (Å²) in [6, 6.07) is 3.75. The molecule has 1 amide bonds. The molecule has 0 bridgehead atoms. The average Bonchev–Trinajstić information content (AvgIpc) is 2.92. The molecule has 0 spiro atoms. The first-order valence-electron chi connectivity index (χ1n) is 7.19. The topological polar surface area (TPSA) is 53.3 Å². The Balaban J connectivity index is 1.52. The highest BCUT2D eigenvalue weighted by molar-refractivity contribution is 7.12. The van der Waals surface area contributed by atoms with Crippen LogP contribution in [0.25, 0.3) is 0 Å². The van der Waals surface area contributed by atoms with Gasteiger partial charge in [-0.2, -0.15) is 5.26 Å². The highest BCUT2D eigenvalue weighted by atomic mass is 32.1. The lowest BCUT2D eigenvalue weighted by molar-refractivity contribution is -0.0705. The molecule has 3 rings (SSSR count). The van der Waals surface area contributed by atoms with Gasteiger partial charge in [-0.25, -0.2) is 0 Å². The van der Waals surface area contributed by atoms with Gasteiger partial charge in [0, 0.05) is 18.5 Å². The molecule has 1 aliphatic heterocycles. The molecule has 0 atom stereocenters. The van der Waals surface area contributed by atoms with E-state index in [1.165, 1.54) is 30.6 Å². The Morgan fingerprint density at radius 1 is 1.30 bits per heavy atom. The average molecular weight is 290 g/mol. The normalized spacial score (nSPS) is 20.4. The number of amides is 1. The van der Waals surface area contributed by atoms with Crippen molar-refractivity contribution in [2.45, 2.75) is 44.3 Å². The number of carbonyl (C=O) groups excluding carboxylic acids is 1. The van der Waals surface area contributed by atoms with Gasteiger partial charge < -0.3 is 9.64 Å². The smallest absolute Gasteiger partial charge is 0.263 e. The fourth-order valence-electron chi connectivity index (χ4n) is 2.64. The summed E-state index contributed by atoms with van der Waals surface area (Å²) in [5.74, 6) is 0.0543. The van der Waals surface area contributed by atoms with E-state index in [1.54, 1.807) is 11.4 Å². The summed E-state index contributed by atoms with van der Waals surface area (Å²) in [6.45, 7) is 1.52. The number of rotatable bonds is 3. The summed E-state index contributed by atoms with van der Waals surface area (Å²) >= 11 is 1.36. The van der Waals surface area contributed by atoms with E-state index in [9.17, 15) is 4.79 Å². The van der Waals surface area contributed by atoms with E-state index in [1.807, 2.05) is 4.90 Å². The Morgan fingerprint density at radius 2 is 2.00 bits per heavy atom. The van der Waals surface area contributed by atoms with Gasteiger partial charge in [-0.3, -0.25) is 4.79 Å². The molecule has 1 aromatic heterocycles. The molecule has 20 heavy (non-hydrogen) atoms. The van der Waals surface area contributed by atoms with E-state index >= 15 is 0 Å². The second-order valence-corrected chi connectivity index (χ2v) is 6.40. The molecule has 2 aliphatic rings. The molecule has 0 aromatic carbocycles. The molecule has 4 nitrogen and oxygen atoms in total. The minimum absolute atomic E-state index is 0.0543. The third-order valence-electron chi connectivity index (χ3n) is 4.11. The van der Waals surface area contributed by atoms with Crippen LogP contribution in [0.5, 0.6) is 0 Å². The lowest BCUT2D eigenvalue weighted by atomic mass is 9.95. The highest BCUT2D eigenvalue weighted by Crippen LogP contribution is 2.27. The molecular formula is C15H18N2O2S. The van der Waals surface area contributed by atoms with Crippen molar-refractivity contribution in [2.24, 2.45) is 0 Å². The first-order valence-corrected chi connectivity index (χ1v) is 8.07. The Morgan fingerprint density at radius 3 is 2.55 bits per heavy atom. The van der Waals surface area contributed by atoms with Gasteiger partial charge in [-0.05, 0) is 38.2 Å². The van der Waals surface area contributed by atoms with Crippen LogP contribution in [0.3, 0.4) is 0 Å². The number of hydrogen-bond donors (Lipinski definition) is 0. The number of thiophene rings is 1. The lowest BCUT2D eigenvalue weighted by Crippen LogP contribution is -2.42. The van der Waals surface area contributed by atoms with Crippen LogP contribution in [-0.2, 0) is 4.74 Å². The van der Waals surface area contributed by atoms with Crippen molar-refractivity contribution >= 4 is 17.2 Å². The van der Waals surface area contributed by atoms with E-state index in [0.717, 1.165) is 25.9 Å². The predicted octanol–water partition coefficient (Wildman–Crippen LogP) is 2.79. The molecular weight excluding hydrogens is 272 g/mol. The van der Waals surface area contributed by atoms with Gasteiger partial charge >= 0.3 is 0 Å². The molecule has 2 fully saturated rings. The second-order valence-electron chi connectivity index (χ2n) is 5.49.